The first-order valence-electron chi connectivity index (χ1n) is 10.2. The van der Waals surface area contributed by atoms with Crippen LogP contribution in [0.2, 0.25) is 0 Å². The molecule has 0 saturated heterocycles. The molecule has 34 heavy (non-hydrogen) atoms. The highest BCUT2D eigenvalue weighted by Crippen LogP contribution is 2.21. The lowest BCUT2D eigenvalue weighted by molar-refractivity contribution is -0.140. The highest BCUT2D eigenvalue weighted by atomic mass is 16.4. The van der Waals surface area contributed by atoms with Crippen molar-refractivity contribution in [2.75, 3.05) is 34.4 Å². The number of carboxylic acids is 2. The summed E-state index contributed by atoms with van der Waals surface area (Å²) in [7, 11) is 0. The van der Waals surface area contributed by atoms with Crippen LogP contribution in [0.15, 0.2) is 29.1 Å². The first-order chi connectivity index (χ1) is 16.2. The van der Waals surface area contributed by atoms with E-state index in [2.05, 4.69) is 25.9 Å². The SMILES string of the molecule is Nc1nc2c(c(=O)[nH]1)N[C@@H](CN(C=O)c1ccc(C(=O)NC(CCC(=O)O)C(=O)O)cc1)CN2. The Hall–Kier alpha value is -4.62. The minimum Gasteiger partial charge on any atom is -0.481 e. The van der Waals surface area contributed by atoms with Crippen molar-refractivity contribution in [3.05, 3.63) is 40.2 Å². The Morgan fingerprint density at radius 2 is 1.97 bits per heavy atom. The second-order valence-corrected chi connectivity index (χ2v) is 7.50. The van der Waals surface area contributed by atoms with Crippen molar-refractivity contribution in [1.82, 2.24) is 15.3 Å². The summed E-state index contributed by atoms with van der Waals surface area (Å²) in [4.78, 5) is 65.9. The van der Waals surface area contributed by atoms with E-state index in [9.17, 15) is 29.1 Å². The van der Waals surface area contributed by atoms with Gasteiger partial charge in [0.05, 0.1) is 6.04 Å². The zero-order chi connectivity index (χ0) is 24.8. The van der Waals surface area contributed by atoms with E-state index in [1.54, 1.807) is 0 Å². The number of nitrogens with one attached hydrogen (secondary N) is 4. The molecule has 2 heterocycles. The smallest absolute Gasteiger partial charge is 0.326 e. The molecule has 2 amide bonds. The van der Waals surface area contributed by atoms with Gasteiger partial charge >= 0.3 is 11.9 Å². The summed E-state index contributed by atoms with van der Waals surface area (Å²) in [5, 5.41) is 26.2. The maximum atomic E-state index is 12.4. The Kier molecular flexibility index (Phi) is 7.30. The van der Waals surface area contributed by atoms with Gasteiger partial charge in [0.25, 0.3) is 11.5 Å². The number of carboxylic acid groups (broad SMARTS) is 2. The van der Waals surface area contributed by atoms with Gasteiger partial charge in [0.15, 0.2) is 5.82 Å². The van der Waals surface area contributed by atoms with Crippen LogP contribution < -0.4 is 32.1 Å². The number of fused-ring (bicyclic) bond motifs is 1. The molecule has 3 rings (SSSR count). The van der Waals surface area contributed by atoms with Gasteiger partial charge in [-0.3, -0.25) is 24.2 Å². The number of anilines is 4. The van der Waals surface area contributed by atoms with Crippen LogP contribution in [-0.4, -0.2) is 69.6 Å². The summed E-state index contributed by atoms with van der Waals surface area (Å²) < 4.78 is 0. The lowest BCUT2D eigenvalue weighted by Crippen LogP contribution is -2.45. The summed E-state index contributed by atoms with van der Waals surface area (Å²) >= 11 is 0. The minimum atomic E-state index is -1.35. The Morgan fingerprint density at radius 1 is 1.26 bits per heavy atom. The van der Waals surface area contributed by atoms with Crippen LogP contribution >= 0.6 is 0 Å². The number of aromatic nitrogens is 2. The number of rotatable bonds is 10. The molecule has 0 spiro atoms. The second-order valence-electron chi connectivity index (χ2n) is 7.50. The zero-order valence-electron chi connectivity index (χ0n) is 17.8. The van der Waals surface area contributed by atoms with Crippen molar-refractivity contribution in [3.63, 3.8) is 0 Å². The van der Waals surface area contributed by atoms with Gasteiger partial charge in [-0.05, 0) is 30.7 Å². The molecule has 180 valence electrons. The number of nitrogen functional groups attached to an aromatic ring is 1. The van der Waals surface area contributed by atoms with Crippen molar-refractivity contribution < 1.29 is 29.4 Å². The van der Waals surface area contributed by atoms with Crippen LogP contribution in [0.4, 0.5) is 23.1 Å². The molecule has 0 bridgehead atoms. The molecule has 0 fully saturated rings. The van der Waals surface area contributed by atoms with Gasteiger partial charge in [-0.25, -0.2) is 4.79 Å². The maximum absolute atomic E-state index is 12.4. The fourth-order valence-electron chi connectivity index (χ4n) is 3.36. The summed E-state index contributed by atoms with van der Waals surface area (Å²) in [6.07, 6.45) is -0.0671. The van der Waals surface area contributed by atoms with E-state index in [1.807, 2.05) is 0 Å². The molecule has 0 aliphatic carbocycles. The van der Waals surface area contributed by atoms with Crippen LogP contribution in [-0.2, 0) is 14.4 Å². The molecule has 0 saturated carbocycles. The van der Waals surface area contributed by atoms with Gasteiger partial charge in [-0.15, -0.1) is 0 Å². The molecule has 2 aromatic rings. The lowest BCUT2D eigenvalue weighted by Gasteiger charge is -2.30. The average Bonchev–Trinajstić information content (AvgIpc) is 2.80. The number of H-pyrrole nitrogens is 1. The summed E-state index contributed by atoms with van der Waals surface area (Å²) in [5.41, 5.74) is 5.89. The Balaban J connectivity index is 1.65. The third-order valence-electron chi connectivity index (χ3n) is 5.06. The standard InChI is InChI=1S/C20H23N7O7/c21-20-25-16-15(18(32)26-20)23-11(7-22-16)8-27(9-28)12-3-1-10(2-4-12)17(31)24-13(19(33)34)5-6-14(29)30/h1-4,9,11,13,23H,5-8H2,(H,24,31)(H,29,30)(H,33,34)(H4,21,22,25,26,32)/t11-,13?/m1/s1. The number of hydrogen-bond donors (Lipinski definition) is 7. The molecule has 8 N–H and O–H groups in total. The minimum absolute atomic E-state index is 0.0216. The van der Waals surface area contributed by atoms with Gasteiger partial charge in [0, 0.05) is 30.8 Å². The molecular formula is C20H23N7O7. The topological polar surface area (TPSA) is 220 Å². The summed E-state index contributed by atoms with van der Waals surface area (Å²) in [6, 6.07) is 4.16. The number of benzene rings is 1. The predicted octanol–water partition coefficient (Wildman–Crippen LogP) is -0.731. The van der Waals surface area contributed by atoms with Crippen LogP contribution in [0, 0.1) is 0 Å². The first-order valence-corrected chi connectivity index (χ1v) is 10.2. The molecule has 1 unspecified atom stereocenters. The highest BCUT2D eigenvalue weighted by molar-refractivity contribution is 5.97. The van der Waals surface area contributed by atoms with Crippen molar-refractivity contribution in [2.45, 2.75) is 24.9 Å². The van der Waals surface area contributed by atoms with Gasteiger partial charge in [-0.1, -0.05) is 0 Å². The third-order valence-corrected chi connectivity index (χ3v) is 5.06. The largest absolute Gasteiger partial charge is 0.481 e. The van der Waals surface area contributed by atoms with Crippen molar-refractivity contribution >= 4 is 47.4 Å². The van der Waals surface area contributed by atoms with E-state index in [0.717, 1.165) is 0 Å². The fourth-order valence-corrected chi connectivity index (χ4v) is 3.36. The lowest BCUT2D eigenvalue weighted by atomic mass is 10.1. The van der Waals surface area contributed by atoms with Crippen LogP contribution in [0.3, 0.4) is 0 Å². The zero-order valence-corrected chi connectivity index (χ0v) is 17.8. The number of aliphatic carboxylic acids is 2. The Labute approximate surface area is 192 Å². The van der Waals surface area contributed by atoms with E-state index in [1.165, 1.54) is 29.2 Å². The molecule has 14 nitrogen and oxygen atoms in total. The monoisotopic (exact) mass is 473 g/mol. The molecule has 1 aromatic heterocycles. The molecule has 0 radical (unpaired) electrons. The number of nitrogens with two attached hydrogens (primary N) is 1. The third kappa shape index (κ3) is 5.79. The number of amides is 2. The quantitative estimate of drug-likeness (QED) is 0.213. The van der Waals surface area contributed by atoms with Gasteiger partial charge < -0.3 is 36.8 Å². The summed E-state index contributed by atoms with van der Waals surface area (Å²) in [6.45, 7) is 0.544. The van der Waals surface area contributed by atoms with E-state index in [0.29, 0.717) is 24.5 Å². The second kappa shape index (κ2) is 10.3. The molecular weight excluding hydrogens is 450 g/mol. The number of carbonyl (C=O) groups is 4. The molecule has 1 aliphatic rings. The van der Waals surface area contributed by atoms with E-state index in [4.69, 9.17) is 10.8 Å². The maximum Gasteiger partial charge on any atom is 0.326 e. The van der Waals surface area contributed by atoms with Crippen molar-refractivity contribution in [2.24, 2.45) is 0 Å². The number of nitrogens with zero attached hydrogens (tertiary/aromatic N) is 2. The van der Waals surface area contributed by atoms with Crippen molar-refractivity contribution in [1.29, 1.82) is 0 Å². The molecule has 1 aliphatic heterocycles. The number of carbonyl (C=O) groups excluding carboxylic acids is 2. The van der Waals surface area contributed by atoms with E-state index >= 15 is 0 Å². The highest BCUT2D eigenvalue weighted by Gasteiger charge is 2.24. The van der Waals surface area contributed by atoms with Gasteiger partial charge in [0.1, 0.15) is 11.7 Å². The van der Waals surface area contributed by atoms with Crippen LogP contribution in [0.25, 0.3) is 0 Å². The average molecular weight is 473 g/mol. The first kappa shape index (κ1) is 24.0. The molecule has 2 atom stereocenters. The van der Waals surface area contributed by atoms with Crippen molar-refractivity contribution in [3.8, 4) is 0 Å². The number of aromatic amines is 1. The normalized spacial score (nSPS) is 15.1. The summed E-state index contributed by atoms with van der Waals surface area (Å²) in [5.74, 6) is -2.91. The van der Waals surface area contributed by atoms with Crippen LogP contribution in [0.5, 0.6) is 0 Å². The Morgan fingerprint density at radius 3 is 2.59 bits per heavy atom. The molecule has 14 heteroatoms. The van der Waals surface area contributed by atoms with Gasteiger partial charge in [-0.2, -0.15) is 4.98 Å². The van der Waals surface area contributed by atoms with Crippen LogP contribution in [0.1, 0.15) is 23.2 Å². The van der Waals surface area contributed by atoms with E-state index in [-0.39, 0.29) is 36.2 Å². The predicted molar refractivity (Wildman–Crippen MR) is 121 cm³/mol. The van der Waals surface area contributed by atoms with Gasteiger partial charge in [0.2, 0.25) is 12.4 Å². The Bertz CT molecular complexity index is 1150. The molecule has 1 aromatic carbocycles. The van der Waals surface area contributed by atoms with E-state index < -0.39 is 35.9 Å². The fraction of sp³-hybridized carbons (Fsp3) is 0.300. The number of hydrogen-bond acceptors (Lipinski definition) is 9.